The number of nitrogens with zero attached hydrogens (tertiary/aromatic N) is 1. The normalized spacial score (nSPS) is 21.0. The highest BCUT2D eigenvalue weighted by Gasteiger charge is 2.18. The van der Waals surface area contributed by atoms with Crippen molar-refractivity contribution in [2.45, 2.75) is 17.4 Å². The first kappa shape index (κ1) is 13.5. The first-order chi connectivity index (χ1) is 8.15. The summed E-state index contributed by atoms with van der Waals surface area (Å²) in [6.45, 7) is 3.19. The van der Waals surface area contributed by atoms with Crippen molar-refractivity contribution in [3.63, 3.8) is 0 Å². The van der Waals surface area contributed by atoms with Crippen LogP contribution in [-0.2, 0) is 0 Å². The van der Waals surface area contributed by atoms with Gasteiger partial charge in [0.05, 0.1) is 5.02 Å². The summed E-state index contributed by atoms with van der Waals surface area (Å²) in [6, 6.07) is 5.94. The molecular formula is C12H16Cl2N2S. The van der Waals surface area contributed by atoms with Crippen molar-refractivity contribution in [3.05, 3.63) is 28.2 Å². The molecule has 0 unspecified atom stereocenters. The molecule has 0 amide bonds. The number of hydrogen-bond acceptors (Lipinski definition) is 3. The third-order valence-corrected chi connectivity index (χ3v) is 4.58. The zero-order valence-corrected chi connectivity index (χ0v) is 11.9. The van der Waals surface area contributed by atoms with E-state index >= 15 is 0 Å². The maximum absolute atomic E-state index is 6.10. The van der Waals surface area contributed by atoms with Crippen molar-refractivity contribution < 1.29 is 0 Å². The third-order valence-electron chi connectivity index (χ3n) is 2.87. The molecule has 94 valence electrons. The van der Waals surface area contributed by atoms with E-state index in [9.17, 15) is 0 Å². The van der Waals surface area contributed by atoms with E-state index in [4.69, 9.17) is 28.9 Å². The second-order valence-corrected chi connectivity index (χ2v) is 6.25. The summed E-state index contributed by atoms with van der Waals surface area (Å²) >= 11 is 13.8. The number of halogens is 2. The highest BCUT2D eigenvalue weighted by Crippen LogP contribution is 2.29. The Labute approximate surface area is 116 Å². The zero-order valence-electron chi connectivity index (χ0n) is 9.53. The molecule has 0 aromatic heterocycles. The van der Waals surface area contributed by atoms with Crippen LogP contribution in [0.2, 0.25) is 10.0 Å². The number of benzene rings is 1. The van der Waals surface area contributed by atoms with Crippen LogP contribution in [0.4, 0.5) is 0 Å². The lowest BCUT2D eigenvalue weighted by Crippen LogP contribution is -2.28. The van der Waals surface area contributed by atoms with Crippen molar-refractivity contribution in [1.82, 2.24) is 4.90 Å². The third kappa shape index (κ3) is 4.04. The fourth-order valence-corrected chi connectivity index (χ4v) is 3.44. The largest absolute Gasteiger partial charge is 0.326 e. The molecule has 1 aromatic rings. The van der Waals surface area contributed by atoms with Gasteiger partial charge in [0, 0.05) is 34.8 Å². The molecule has 2 nitrogen and oxygen atoms in total. The van der Waals surface area contributed by atoms with Gasteiger partial charge < -0.3 is 10.6 Å². The van der Waals surface area contributed by atoms with Crippen LogP contribution in [0.15, 0.2) is 23.1 Å². The maximum atomic E-state index is 6.10. The quantitative estimate of drug-likeness (QED) is 0.864. The Morgan fingerprint density at radius 2 is 2.24 bits per heavy atom. The molecule has 1 heterocycles. The molecule has 1 aliphatic rings. The number of thioether (sulfide) groups is 1. The van der Waals surface area contributed by atoms with Crippen molar-refractivity contribution in [2.24, 2.45) is 5.73 Å². The van der Waals surface area contributed by atoms with E-state index in [0.717, 1.165) is 46.7 Å². The monoisotopic (exact) mass is 290 g/mol. The van der Waals surface area contributed by atoms with Gasteiger partial charge in [0.1, 0.15) is 0 Å². The van der Waals surface area contributed by atoms with Gasteiger partial charge >= 0.3 is 0 Å². The fraction of sp³-hybridized carbons (Fsp3) is 0.500. The number of rotatable bonds is 4. The predicted octanol–water partition coefficient (Wildman–Crippen LogP) is 3.12. The second-order valence-electron chi connectivity index (χ2n) is 4.27. The zero-order chi connectivity index (χ0) is 12.3. The minimum atomic E-state index is 0.356. The van der Waals surface area contributed by atoms with Crippen molar-refractivity contribution >= 4 is 35.0 Å². The molecule has 1 atom stereocenters. The summed E-state index contributed by atoms with van der Waals surface area (Å²) in [7, 11) is 0. The lowest BCUT2D eigenvalue weighted by atomic mass is 10.3. The SMILES string of the molecule is N[C@H]1CCN(CCSc2cc(Cl)ccc2Cl)C1. The second kappa shape index (κ2) is 6.30. The summed E-state index contributed by atoms with van der Waals surface area (Å²) < 4.78 is 0. The van der Waals surface area contributed by atoms with Gasteiger partial charge in [-0.25, -0.2) is 0 Å². The molecule has 17 heavy (non-hydrogen) atoms. The number of likely N-dealkylation sites (tertiary alicyclic amines) is 1. The first-order valence-corrected chi connectivity index (χ1v) is 7.45. The van der Waals surface area contributed by atoms with E-state index < -0.39 is 0 Å². The molecule has 0 bridgehead atoms. The minimum Gasteiger partial charge on any atom is -0.326 e. The molecule has 2 N–H and O–H groups in total. The van der Waals surface area contributed by atoms with Crippen LogP contribution in [0.5, 0.6) is 0 Å². The van der Waals surface area contributed by atoms with E-state index in [2.05, 4.69) is 4.90 Å². The number of hydrogen-bond donors (Lipinski definition) is 1. The Bertz CT molecular complexity index is 387. The van der Waals surface area contributed by atoms with E-state index in [1.165, 1.54) is 0 Å². The van der Waals surface area contributed by atoms with E-state index in [1.54, 1.807) is 11.8 Å². The molecule has 5 heteroatoms. The smallest absolute Gasteiger partial charge is 0.0542 e. The Hall–Kier alpha value is 0.0700. The maximum Gasteiger partial charge on any atom is 0.0542 e. The summed E-state index contributed by atoms with van der Waals surface area (Å²) in [6.07, 6.45) is 1.11. The molecule has 0 aliphatic carbocycles. The highest BCUT2D eigenvalue weighted by atomic mass is 35.5. The van der Waals surface area contributed by atoms with Crippen LogP contribution >= 0.6 is 35.0 Å². The van der Waals surface area contributed by atoms with Gasteiger partial charge in [-0.05, 0) is 31.2 Å². The lowest BCUT2D eigenvalue weighted by molar-refractivity contribution is 0.357. The van der Waals surface area contributed by atoms with Crippen LogP contribution in [-0.4, -0.2) is 36.3 Å². The van der Waals surface area contributed by atoms with Crippen molar-refractivity contribution in [1.29, 1.82) is 0 Å². The van der Waals surface area contributed by atoms with Gasteiger partial charge in [-0.2, -0.15) is 0 Å². The summed E-state index contributed by atoms with van der Waals surface area (Å²) in [4.78, 5) is 3.46. The topological polar surface area (TPSA) is 29.3 Å². The minimum absolute atomic E-state index is 0.356. The first-order valence-electron chi connectivity index (χ1n) is 5.71. The number of nitrogens with two attached hydrogens (primary N) is 1. The van der Waals surface area contributed by atoms with Gasteiger partial charge in [-0.1, -0.05) is 23.2 Å². The van der Waals surface area contributed by atoms with E-state index in [0.29, 0.717) is 6.04 Å². The van der Waals surface area contributed by atoms with E-state index in [-0.39, 0.29) is 0 Å². The molecule has 0 radical (unpaired) electrons. The average Bonchev–Trinajstić information content (AvgIpc) is 2.69. The Kier molecular flexibility index (Phi) is 5.00. The molecule has 0 spiro atoms. The Morgan fingerprint density at radius 3 is 2.94 bits per heavy atom. The Morgan fingerprint density at radius 1 is 1.41 bits per heavy atom. The van der Waals surface area contributed by atoms with Crippen LogP contribution in [0, 0.1) is 0 Å². The molecule has 1 aromatic carbocycles. The van der Waals surface area contributed by atoms with Crippen molar-refractivity contribution in [3.8, 4) is 0 Å². The molecule has 1 saturated heterocycles. The highest BCUT2D eigenvalue weighted by molar-refractivity contribution is 7.99. The van der Waals surface area contributed by atoms with Crippen LogP contribution in [0.3, 0.4) is 0 Å². The molecular weight excluding hydrogens is 275 g/mol. The van der Waals surface area contributed by atoms with Crippen LogP contribution in [0.25, 0.3) is 0 Å². The van der Waals surface area contributed by atoms with Gasteiger partial charge in [0.25, 0.3) is 0 Å². The van der Waals surface area contributed by atoms with Gasteiger partial charge in [0.15, 0.2) is 0 Å². The molecule has 2 rings (SSSR count). The average molecular weight is 291 g/mol. The lowest BCUT2D eigenvalue weighted by Gasteiger charge is -2.14. The van der Waals surface area contributed by atoms with Crippen molar-refractivity contribution in [2.75, 3.05) is 25.4 Å². The molecule has 0 saturated carbocycles. The summed E-state index contributed by atoms with van der Waals surface area (Å²) in [5.74, 6) is 1.02. The Balaban J connectivity index is 1.80. The van der Waals surface area contributed by atoms with Gasteiger partial charge in [-0.15, -0.1) is 11.8 Å². The molecule has 1 fully saturated rings. The standard InChI is InChI=1S/C12H16Cl2N2S/c13-9-1-2-11(14)12(7-9)17-6-5-16-4-3-10(15)8-16/h1-2,7,10H,3-6,8,15H2/t10-/m0/s1. The summed E-state index contributed by atoms with van der Waals surface area (Å²) in [5, 5.41) is 1.51. The molecule has 1 aliphatic heterocycles. The van der Waals surface area contributed by atoms with Gasteiger partial charge in [-0.3, -0.25) is 0 Å². The van der Waals surface area contributed by atoms with E-state index in [1.807, 2.05) is 18.2 Å². The predicted molar refractivity (Wildman–Crippen MR) is 76.2 cm³/mol. The summed E-state index contributed by atoms with van der Waals surface area (Å²) in [5.41, 5.74) is 5.86. The van der Waals surface area contributed by atoms with Crippen LogP contribution in [0.1, 0.15) is 6.42 Å². The van der Waals surface area contributed by atoms with Crippen LogP contribution < -0.4 is 5.73 Å². The fourth-order valence-electron chi connectivity index (χ4n) is 1.94. The van der Waals surface area contributed by atoms with Gasteiger partial charge in [0.2, 0.25) is 0 Å².